The standard InChI is InChI=1S/Cu.H4O7P2.H2O/c;1-8(2,3)7-9(4,5)6;/h;(H2,1,2,3)(H2,4,5,6);1H2/q+4;;/p-4. The van der Waals surface area contributed by atoms with Crippen molar-refractivity contribution in [2.75, 3.05) is 0 Å². The van der Waals surface area contributed by atoms with Crippen LogP contribution in [0.2, 0.25) is 0 Å². The van der Waals surface area contributed by atoms with E-state index in [0.717, 1.165) is 0 Å². The monoisotopic (exact) mass is 255 g/mol. The van der Waals surface area contributed by atoms with Crippen molar-refractivity contribution < 1.29 is 55.6 Å². The predicted molar refractivity (Wildman–Crippen MR) is 19.9 cm³/mol. The van der Waals surface area contributed by atoms with Crippen LogP contribution in [0.1, 0.15) is 0 Å². The van der Waals surface area contributed by atoms with Crippen LogP contribution in [-0.4, -0.2) is 5.48 Å². The van der Waals surface area contributed by atoms with Crippen LogP contribution < -0.4 is 19.6 Å². The number of hydrogen-bond acceptors (Lipinski definition) is 7. The molecule has 0 aromatic carbocycles. The third-order valence-corrected chi connectivity index (χ3v) is 1.80. The van der Waals surface area contributed by atoms with Crippen LogP contribution in [0.15, 0.2) is 0 Å². The normalized spacial score (nSPS) is 11.3. The maximum atomic E-state index is 9.32. The predicted octanol–water partition coefficient (Wildman–Crippen LogP) is -4.17. The summed E-state index contributed by atoms with van der Waals surface area (Å²) in [4.78, 5) is 37.3. The zero-order chi connectivity index (χ0) is 7.71. The Labute approximate surface area is 71.8 Å². The van der Waals surface area contributed by atoms with E-state index in [0.29, 0.717) is 0 Å². The zero-order valence-electron chi connectivity index (χ0n) is 4.55. The van der Waals surface area contributed by atoms with Crippen LogP contribution >= 0.6 is 15.6 Å². The van der Waals surface area contributed by atoms with Gasteiger partial charge in [-0.3, -0.25) is 0 Å². The van der Waals surface area contributed by atoms with Crippen LogP contribution in [-0.2, 0) is 30.5 Å². The number of phosphoric acid groups is 2. The van der Waals surface area contributed by atoms with Gasteiger partial charge in [0.2, 0.25) is 0 Å². The Bertz CT molecular complexity index is 153. The van der Waals surface area contributed by atoms with Gasteiger partial charge in [-0.1, -0.05) is 0 Å². The van der Waals surface area contributed by atoms with Gasteiger partial charge in [-0.25, -0.2) is 0 Å². The summed E-state index contributed by atoms with van der Waals surface area (Å²) in [6.07, 6.45) is 0. The van der Waals surface area contributed by atoms with E-state index in [9.17, 15) is 28.7 Å². The Hall–Kier alpha value is 0.739. The molecule has 0 aliphatic carbocycles. The minimum absolute atomic E-state index is 0. The Balaban J connectivity index is -0.000000320. The van der Waals surface area contributed by atoms with Crippen LogP contribution in [0.4, 0.5) is 0 Å². The van der Waals surface area contributed by atoms with E-state index >= 15 is 0 Å². The van der Waals surface area contributed by atoms with E-state index in [1.54, 1.807) is 0 Å². The van der Waals surface area contributed by atoms with E-state index in [4.69, 9.17) is 0 Å². The summed E-state index contributed by atoms with van der Waals surface area (Å²) in [5, 5.41) is 0. The van der Waals surface area contributed by atoms with Crippen LogP contribution in [0.3, 0.4) is 0 Å². The van der Waals surface area contributed by atoms with Gasteiger partial charge in [0.1, 0.15) is 0 Å². The third kappa shape index (κ3) is 18.1. The summed E-state index contributed by atoms with van der Waals surface area (Å²) in [5.74, 6) is 0. The molecular formula is H2CuO8P2. The summed E-state index contributed by atoms with van der Waals surface area (Å²) >= 11 is 0. The molecule has 0 atom stereocenters. The second-order valence-corrected chi connectivity index (χ2v) is 3.42. The van der Waals surface area contributed by atoms with Crippen molar-refractivity contribution in [3.63, 3.8) is 0 Å². The van der Waals surface area contributed by atoms with Gasteiger partial charge in [0, 0.05) is 0 Å². The van der Waals surface area contributed by atoms with E-state index in [2.05, 4.69) is 4.31 Å². The molecule has 0 fully saturated rings. The molecule has 0 saturated carbocycles. The molecular weight excluding hydrogens is 253 g/mol. The van der Waals surface area contributed by atoms with Crippen molar-refractivity contribution in [3.05, 3.63) is 0 Å². The summed E-state index contributed by atoms with van der Waals surface area (Å²) in [6.45, 7) is 0. The summed E-state index contributed by atoms with van der Waals surface area (Å²) in [5.41, 5.74) is 0. The molecule has 0 bridgehead atoms. The smallest absolute Gasteiger partial charge is 0.790 e. The van der Waals surface area contributed by atoms with E-state index in [1.807, 2.05) is 0 Å². The molecule has 8 nitrogen and oxygen atoms in total. The minimum atomic E-state index is -5.68. The van der Waals surface area contributed by atoms with Gasteiger partial charge in [-0.15, -0.1) is 0 Å². The van der Waals surface area contributed by atoms with Crippen LogP contribution in [0.5, 0.6) is 0 Å². The number of hydrogen-bond donors (Lipinski definition) is 0. The van der Waals surface area contributed by atoms with Crippen LogP contribution in [0.25, 0.3) is 0 Å². The second-order valence-electron chi connectivity index (χ2n) is 0.976. The molecule has 2 N–H and O–H groups in total. The maximum Gasteiger partial charge on any atom is 4.00 e. The molecule has 11 heteroatoms. The van der Waals surface area contributed by atoms with Crippen molar-refractivity contribution in [1.82, 2.24) is 0 Å². The maximum absolute atomic E-state index is 9.32. The van der Waals surface area contributed by atoms with Gasteiger partial charge in [0.15, 0.2) is 0 Å². The molecule has 0 heterocycles. The Morgan fingerprint density at radius 2 is 1.09 bits per heavy atom. The van der Waals surface area contributed by atoms with Gasteiger partial charge >= 0.3 is 17.1 Å². The molecule has 0 amide bonds. The molecule has 0 aliphatic heterocycles. The first-order chi connectivity index (χ1) is 3.71. The molecule has 71 valence electrons. The largest absolute Gasteiger partial charge is 4.00 e. The van der Waals surface area contributed by atoms with Crippen molar-refractivity contribution in [2.45, 2.75) is 0 Å². The Kier molecular flexibility index (Phi) is 8.70. The fourth-order valence-electron chi connectivity index (χ4n) is 0.122. The van der Waals surface area contributed by atoms with Crippen LogP contribution in [0, 0.1) is 0 Å². The van der Waals surface area contributed by atoms with Crippen molar-refractivity contribution >= 4 is 15.6 Å². The fraction of sp³-hybridized carbons (Fsp3) is 0. The summed E-state index contributed by atoms with van der Waals surface area (Å²) < 4.78 is 21.2. The first kappa shape index (κ1) is 17.7. The van der Waals surface area contributed by atoms with E-state index in [-0.39, 0.29) is 22.5 Å². The molecule has 0 saturated heterocycles. The fourth-order valence-corrected chi connectivity index (χ4v) is 1.10. The van der Waals surface area contributed by atoms with E-state index in [1.165, 1.54) is 0 Å². The first-order valence-corrected chi connectivity index (χ1v) is 4.38. The Morgan fingerprint density at radius 1 is 0.909 bits per heavy atom. The van der Waals surface area contributed by atoms with Gasteiger partial charge < -0.3 is 38.5 Å². The topological polar surface area (TPSA) is 167 Å². The van der Waals surface area contributed by atoms with Gasteiger partial charge in [0.05, 0.1) is 15.6 Å². The van der Waals surface area contributed by atoms with Gasteiger partial charge in [0.25, 0.3) is 0 Å². The number of rotatable bonds is 2. The molecule has 0 unspecified atom stereocenters. The van der Waals surface area contributed by atoms with Gasteiger partial charge in [-0.2, -0.15) is 0 Å². The molecule has 0 aliphatic rings. The molecule has 0 rings (SSSR count). The SMILES string of the molecule is O.O=P([O-])([O-])OP(=O)([O-])[O-].[Cu+4]. The quantitative estimate of drug-likeness (QED) is 0.356. The average molecular weight is 256 g/mol. The first-order valence-electron chi connectivity index (χ1n) is 1.46. The summed E-state index contributed by atoms with van der Waals surface area (Å²) in [6, 6.07) is 0. The van der Waals surface area contributed by atoms with E-state index < -0.39 is 15.6 Å². The van der Waals surface area contributed by atoms with Crippen molar-refractivity contribution in [2.24, 2.45) is 0 Å². The molecule has 0 aromatic heterocycles. The Morgan fingerprint density at radius 3 is 1.09 bits per heavy atom. The molecule has 0 aromatic rings. The van der Waals surface area contributed by atoms with Crippen molar-refractivity contribution in [1.29, 1.82) is 0 Å². The zero-order valence-corrected chi connectivity index (χ0v) is 7.28. The molecule has 1 radical (unpaired) electrons. The summed E-state index contributed by atoms with van der Waals surface area (Å²) in [7, 11) is -11.4. The molecule has 0 spiro atoms. The minimum Gasteiger partial charge on any atom is -0.790 e. The molecule has 11 heavy (non-hydrogen) atoms. The van der Waals surface area contributed by atoms with Crippen molar-refractivity contribution in [3.8, 4) is 0 Å². The third-order valence-electron chi connectivity index (χ3n) is 0.200. The average Bonchev–Trinajstić information content (AvgIpc) is 1.14. The second kappa shape index (κ2) is 5.40. The van der Waals surface area contributed by atoms with Gasteiger partial charge in [-0.05, 0) is 0 Å².